The second kappa shape index (κ2) is 8.96. The van der Waals surface area contributed by atoms with Crippen LogP contribution in [-0.4, -0.2) is 35.5 Å². The highest BCUT2D eigenvalue weighted by Crippen LogP contribution is 2.41. The number of nitrogens with one attached hydrogen (secondary N) is 2. The molecule has 2 amide bonds. The molecular formula is C27H28FN3O5. The third kappa shape index (κ3) is 4.29. The minimum Gasteiger partial charge on any atom is -0.497 e. The summed E-state index contributed by atoms with van der Waals surface area (Å²) in [6.45, 7) is 4.32. The highest BCUT2D eigenvalue weighted by atomic mass is 19.1. The van der Waals surface area contributed by atoms with E-state index in [1.165, 1.54) is 17.0 Å². The topological polar surface area (TPSA) is 105 Å². The number of methoxy groups -OCH3 is 1. The van der Waals surface area contributed by atoms with Crippen LogP contribution in [0.15, 0.2) is 45.7 Å². The predicted molar refractivity (Wildman–Crippen MR) is 131 cm³/mol. The van der Waals surface area contributed by atoms with Crippen molar-refractivity contribution >= 4 is 17.5 Å². The Morgan fingerprint density at radius 1 is 1.19 bits per heavy atom. The molecule has 0 fully saturated rings. The van der Waals surface area contributed by atoms with Crippen LogP contribution in [0.2, 0.25) is 0 Å². The lowest BCUT2D eigenvalue weighted by Gasteiger charge is -2.36. The number of aryl methyl sites for hydroxylation is 1. The summed E-state index contributed by atoms with van der Waals surface area (Å²) in [6, 6.07) is 8.83. The molecule has 2 aromatic carbocycles. The molecule has 3 aromatic rings. The fourth-order valence-electron chi connectivity index (χ4n) is 5.41. The largest absolute Gasteiger partial charge is 0.497 e. The van der Waals surface area contributed by atoms with E-state index in [0.29, 0.717) is 35.5 Å². The molecular weight excluding hydrogens is 465 g/mol. The van der Waals surface area contributed by atoms with Gasteiger partial charge in [0.2, 0.25) is 5.91 Å². The van der Waals surface area contributed by atoms with Gasteiger partial charge in [-0.05, 0) is 71.2 Å². The van der Waals surface area contributed by atoms with E-state index in [9.17, 15) is 14.4 Å². The Kier molecular flexibility index (Phi) is 5.94. The van der Waals surface area contributed by atoms with Crippen molar-refractivity contribution in [1.82, 2.24) is 10.1 Å². The van der Waals surface area contributed by atoms with Gasteiger partial charge in [-0.25, -0.2) is 4.39 Å². The Morgan fingerprint density at radius 3 is 2.72 bits per heavy atom. The monoisotopic (exact) mass is 493 g/mol. The van der Waals surface area contributed by atoms with Crippen LogP contribution in [0, 0.1) is 5.82 Å². The van der Waals surface area contributed by atoms with Crippen molar-refractivity contribution in [2.24, 2.45) is 0 Å². The van der Waals surface area contributed by atoms with Crippen molar-refractivity contribution in [3.05, 3.63) is 80.6 Å². The highest BCUT2D eigenvalue weighted by Gasteiger charge is 2.37. The zero-order chi connectivity index (χ0) is 25.6. The number of hydrogen-bond donors (Lipinski definition) is 2. The van der Waals surface area contributed by atoms with E-state index < -0.39 is 17.5 Å². The van der Waals surface area contributed by atoms with E-state index in [2.05, 4.69) is 10.5 Å². The fraction of sp³-hybridized carbons (Fsp3) is 0.370. The lowest BCUT2D eigenvalue weighted by Crippen LogP contribution is -2.46. The van der Waals surface area contributed by atoms with E-state index in [4.69, 9.17) is 9.26 Å². The summed E-state index contributed by atoms with van der Waals surface area (Å²) >= 11 is 0. The van der Waals surface area contributed by atoms with Crippen molar-refractivity contribution in [1.29, 1.82) is 0 Å². The quantitative estimate of drug-likeness (QED) is 0.565. The van der Waals surface area contributed by atoms with Crippen molar-refractivity contribution in [2.45, 2.75) is 51.0 Å². The number of carbonyl (C=O) groups is 2. The predicted octanol–water partition coefficient (Wildman–Crippen LogP) is 3.65. The molecule has 36 heavy (non-hydrogen) atoms. The molecule has 0 radical (unpaired) electrons. The number of amides is 2. The number of nitrogens with zero attached hydrogens (tertiary/aromatic N) is 1. The molecule has 0 saturated heterocycles. The Hall–Kier alpha value is -3.88. The lowest BCUT2D eigenvalue weighted by molar-refractivity contribution is -0.139. The molecule has 1 aliphatic carbocycles. The molecule has 2 N–H and O–H groups in total. The summed E-state index contributed by atoms with van der Waals surface area (Å²) in [7, 11) is 1.57. The summed E-state index contributed by atoms with van der Waals surface area (Å²) in [4.78, 5) is 39.8. The minimum absolute atomic E-state index is 0.170. The molecule has 1 aliphatic heterocycles. The first kappa shape index (κ1) is 23.8. The molecule has 5 rings (SSSR count). The number of aromatic amines is 1. The molecule has 2 aliphatic rings. The van der Waals surface area contributed by atoms with Gasteiger partial charge in [0.15, 0.2) is 0 Å². The fourth-order valence-corrected chi connectivity index (χ4v) is 5.41. The highest BCUT2D eigenvalue weighted by molar-refractivity contribution is 5.98. The molecule has 0 bridgehead atoms. The number of halogens is 1. The Morgan fingerprint density at radius 2 is 2.00 bits per heavy atom. The van der Waals surface area contributed by atoms with Gasteiger partial charge < -0.3 is 19.5 Å². The number of ether oxygens (including phenoxy) is 1. The Balaban J connectivity index is 1.47. The van der Waals surface area contributed by atoms with Crippen molar-refractivity contribution in [3.8, 4) is 5.75 Å². The molecule has 1 aromatic heterocycles. The van der Waals surface area contributed by atoms with Crippen LogP contribution >= 0.6 is 0 Å². The van der Waals surface area contributed by atoms with Crippen LogP contribution in [0.25, 0.3) is 0 Å². The van der Waals surface area contributed by atoms with Gasteiger partial charge in [-0.3, -0.25) is 14.4 Å². The van der Waals surface area contributed by atoms with Gasteiger partial charge in [0.05, 0.1) is 13.5 Å². The van der Waals surface area contributed by atoms with E-state index in [1.807, 2.05) is 26.0 Å². The molecule has 1 atom stereocenters. The first-order valence-electron chi connectivity index (χ1n) is 11.9. The lowest BCUT2D eigenvalue weighted by atomic mass is 9.86. The average Bonchev–Trinajstić information content (AvgIpc) is 3.39. The second-order valence-electron chi connectivity index (χ2n) is 10.0. The van der Waals surface area contributed by atoms with Gasteiger partial charge in [0.1, 0.15) is 23.4 Å². The van der Waals surface area contributed by atoms with Gasteiger partial charge in [0.25, 0.3) is 11.5 Å². The first-order chi connectivity index (χ1) is 17.2. The second-order valence-corrected chi connectivity index (χ2v) is 10.0. The maximum absolute atomic E-state index is 15.0. The summed E-state index contributed by atoms with van der Waals surface area (Å²) in [5.74, 6) is -0.296. The van der Waals surface area contributed by atoms with Crippen LogP contribution in [-0.2, 0) is 34.3 Å². The van der Waals surface area contributed by atoms with Crippen molar-refractivity contribution in [2.75, 3.05) is 19.0 Å². The van der Waals surface area contributed by atoms with Crippen LogP contribution in [0.4, 0.5) is 10.1 Å². The minimum atomic E-state index is -0.939. The number of aromatic nitrogens is 1. The van der Waals surface area contributed by atoms with E-state index in [-0.39, 0.29) is 29.3 Å². The Labute approximate surface area is 207 Å². The summed E-state index contributed by atoms with van der Waals surface area (Å²) in [6.07, 6.45) is 1.94. The molecule has 0 spiro atoms. The van der Waals surface area contributed by atoms with Crippen LogP contribution in [0.5, 0.6) is 5.75 Å². The standard InChI is InChI=1S/C27H28FN3O5/c1-27(2)8-6-16-10-17(12-21(28)24(16)27)29-26(34)25-20-5-4-18(35-3)11-15(20)7-9-31(25)23(33)14-19-13-22(32)30-36-19/h4-5,10-13,25H,6-9,14H2,1-3H3,(H,29,34)(H,30,32). The van der Waals surface area contributed by atoms with Gasteiger partial charge in [0, 0.05) is 18.3 Å². The smallest absolute Gasteiger partial charge is 0.280 e. The summed E-state index contributed by atoms with van der Waals surface area (Å²) in [5.41, 5.74) is 2.82. The molecule has 1 unspecified atom stereocenters. The summed E-state index contributed by atoms with van der Waals surface area (Å²) in [5, 5.41) is 5.02. The number of H-pyrrole nitrogens is 1. The average molecular weight is 494 g/mol. The van der Waals surface area contributed by atoms with Crippen LogP contribution < -0.4 is 15.6 Å². The van der Waals surface area contributed by atoms with Gasteiger partial charge >= 0.3 is 0 Å². The van der Waals surface area contributed by atoms with E-state index >= 15 is 4.39 Å². The van der Waals surface area contributed by atoms with Crippen molar-refractivity contribution in [3.63, 3.8) is 0 Å². The number of benzene rings is 2. The number of anilines is 1. The van der Waals surface area contributed by atoms with Gasteiger partial charge in [-0.1, -0.05) is 19.9 Å². The molecule has 8 nitrogen and oxygen atoms in total. The third-order valence-corrected chi connectivity index (χ3v) is 7.18. The zero-order valence-corrected chi connectivity index (χ0v) is 20.4. The number of hydrogen-bond acceptors (Lipinski definition) is 5. The normalized spacial score (nSPS) is 17.9. The van der Waals surface area contributed by atoms with E-state index in [1.54, 1.807) is 19.2 Å². The molecule has 0 saturated carbocycles. The van der Waals surface area contributed by atoms with Crippen molar-refractivity contribution < 1.29 is 23.2 Å². The van der Waals surface area contributed by atoms with Gasteiger partial charge in [-0.15, -0.1) is 0 Å². The maximum Gasteiger partial charge on any atom is 0.280 e. The number of rotatable bonds is 5. The zero-order valence-electron chi connectivity index (χ0n) is 20.4. The number of fused-ring (bicyclic) bond motifs is 2. The number of carbonyl (C=O) groups excluding carboxylic acids is 2. The molecule has 2 heterocycles. The van der Waals surface area contributed by atoms with E-state index in [0.717, 1.165) is 24.0 Å². The third-order valence-electron chi connectivity index (χ3n) is 7.18. The molecule has 9 heteroatoms. The SMILES string of the molecule is COc1ccc2c(c1)CCN(C(=O)Cc1cc(=O)[nH]o1)C2C(=O)Nc1cc(F)c2c(c1)CCC2(C)C. The Bertz CT molecular complexity index is 1410. The first-order valence-corrected chi connectivity index (χ1v) is 11.9. The van der Waals surface area contributed by atoms with Crippen LogP contribution in [0.3, 0.4) is 0 Å². The summed E-state index contributed by atoms with van der Waals surface area (Å²) < 4.78 is 25.4. The van der Waals surface area contributed by atoms with Crippen LogP contribution in [0.1, 0.15) is 54.3 Å². The van der Waals surface area contributed by atoms with Gasteiger partial charge in [-0.2, -0.15) is 5.16 Å². The molecule has 188 valence electrons. The maximum atomic E-state index is 15.0.